The lowest BCUT2D eigenvalue weighted by Crippen LogP contribution is -2.46. The maximum absolute atomic E-state index is 11.5. The van der Waals surface area contributed by atoms with Crippen LogP contribution in [0, 0.1) is 0 Å². The monoisotopic (exact) mass is 244 g/mol. The summed E-state index contributed by atoms with van der Waals surface area (Å²) in [5.41, 5.74) is 0. The molecule has 0 aliphatic heterocycles. The van der Waals surface area contributed by atoms with Crippen molar-refractivity contribution in [2.75, 3.05) is 26.9 Å². The van der Waals surface area contributed by atoms with E-state index in [0.717, 1.165) is 12.8 Å². The molecule has 98 valence electrons. The van der Waals surface area contributed by atoms with Crippen LogP contribution in [0.5, 0.6) is 0 Å². The highest BCUT2D eigenvalue weighted by atomic mass is 16.5. The van der Waals surface area contributed by atoms with E-state index in [1.165, 1.54) is 0 Å². The largest absolute Gasteiger partial charge is 0.382 e. The second-order valence-corrected chi connectivity index (χ2v) is 4.12. The van der Waals surface area contributed by atoms with Gasteiger partial charge in [-0.25, -0.2) is 0 Å². The van der Waals surface area contributed by atoms with Crippen LogP contribution in [-0.2, 0) is 19.1 Å². The molecule has 0 heterocycles. The molecule has 1 aliphatic rings. The second kappa shape index (κ2) is 7.24. The number of ether oxygens (including phenoxy) is 2. The molecule has 0 aromatic rings. The van der Waals surface area contributed by atoms with E-state index in [4.69, 9.17) is 9.47 Å². The third-order valence-corrected chi connectivity index (χ3v) is 2.36. The van der Waals surface area contributed by atoms with Gasteiger partial charge in [0.15, 0.2) is 0 Å². The topological polar surface area (TPSA) is 76.7 Å². The number of carbonyl (C=O) groups excluding carboxylic acids is 2. The van der Waals surface area contributed by atoms with Crippen molar-refractivity contribution >= 4 is 11.8 Å². The van der Waals surface area contributed by atoms with Crippen LogP contribution in [0.1, 0.15) is 19.8 Å². The van der Waals surface area contributed by atoms with E-state index in [1.807, 2.05) is 0 Å². The van der Waals surface area contributed by atoms with Crippen molar-refractivity contribution in [3.63, 3.8) is 0 Å². The van der Waals surface area contributed by atoms with Gasteiger partial charge in [-0.2, -0.15) is 0 Å². The number of amides is 2. The first-order valence-electron chi connectivity index (χ1n) is 5.80. The van der Waals surface area contributed by atoms with Crippen molar-refractivity contribution in [2.45, 2.75) is 31.8 Å². The van der Waals surface area contributed by atoms with E-state index >= 15 is 0 Å². The summed E-state index contributed by atoms with van der Waals surface area (Å²) in [5, 5.41) is 5.39. The zero-order chi connectivity index (χ0) is 12.7. The SMILES string of the molecule is COCCOCC(=O)NC(C)C(=O)NC1CC1. The van der Waals surface area contributed by atoms with E-state index in [-0.39, 0.29) is 18.4 Å². The molecule has 0 saturated heterocycles. The van der Waals surface area contributed by atoms with Crippen LogP contribution < -0.4 is 10.6 Å². The Labute approximate surface area is 101 Å². The molecular formula is C11H20N2O4. The minimum atomic E-state index is -0.519. The van der Waals surface area contributed by atoms with Crippen molar-refractivity contribution in [3.05, 3.63) is 0 Å². The highest BCUT2D eigenvalue weighted by Crippen LogP contribution is 2.18. The van der Waals surface area contributed by atoms with Gasteiger partial charge in [-0.1, -0.05) is 0 Å². The normalized spacial score (nSPS) is 16.4. The molecule has 2 N–H and O–H groups in total. The van der Waals surface area contributed by atoms with Gasteiger partial charge in [0.2, 0.25) is 11.8 Å². The number of rotatable bonds is 8. The summed E-state index contributed by atoms with van der Waals surface area (Å²) in [5.74, 6) is -0.433. The Balaban J connectivity index is 2.08. The Kier molecular flexibility index (Phi) is 5.93. The molecule has 1 unspecified atom stereocenters. The fraction of sp³-hybridized carbons (Fsp3) is 0.818. The Morgan fingerprint density at radius 1 is 1.35 bits per heavy atom. The van der Waals surface area contributed by atoms with Crippen molar-refractivity contribution in [2.24, 2.45) is 0 Å². The van der Waals surface area contributed by atoms with Gasteiger partial charge >= 0.3 is 0 Å². The summed E-state index contributed by atoms with van der Waals surface area (Å²) in [6, 6.07) is -0.214. The predicted molar refractivity (Wildman–Crippen MR) is 61.5 cm³/mol. The van der Waals surface area contributed by atoms with Crippen LogP contribution in [0.25, 0.3) is 0 Å². The summed E-state index contributed by atoms with van der Waals surface area (Å²) in [6.45, 7) is 2.42. The van der Waals surface area contributed by atoms with Crippen LogP contribution in [0.3, 0.4) is 0 Å². The van der Waals surface area contributed by atoms with Crippen molar-refractivity contribution in [1.82, 2.24) is 10.6 Å². The van der Waals surface area contributed by atoms with E-state index in [1.54, 1.807) is 14.0 Å². The lowest BCUT2D eigenvalue weighted by atomic mass is 10.3. The molecule has 0 spiro atoms. The maximum atomic E-state index is 11.5. The molecule has 1 aliphatic carbocycles. The standard InChI is InChI=1S/C11H20N2O4/c1-8(11(15)13-9-3-4-9)12-10(14)7-17-6-5-16-2/h8-9H,3-7H2,1-2H3,(H,12,14)(H,13,15). The van der Waals surface area contributed by atoms with E-state index in [9.17, 15) is 9.59 Å². The Hall–Kier alpha value is -1.14. The summed E-state index contributed by atoms with van der Waals surface area (Å²) >= 11 is 0. The van der Waals surface area contributed by atoms with Crippen molar-refractivity contribution < 1.29 is 19.1 Å². The zero-order valence-corrected chi connectivity index (χ0v) is 10.3. The molecule has 1 fully saturated rings. The quantitative estimate of drug-likeness (QED) is 0.561. The molecule has 17 heavy (non-hydrogen) atoms. The lowest BCUT2D eigenvalue weighted by molar-refractivity contribution is -0.131. The van der Waals surface area contributed by atoms with Crippen LogP contribution >= 0.6 is 0 Å². The second-order valence-electron chi connectivity index (χ2n) is 4.12. The zero-order valence-electron chi connectivity index (χ0n) is 10.3. The number of methoxy groups -OCH3 is 1. The van der Waals surface area contributed by atoms with Crippen molar-refractivity contribution in [1.29, 1.82) is 0 Å². The average Bonchev–Trinajstić information content (AvgIpc) is 3.08. The van der Waals surface area contributed by atoms with E-state index in [2.05, 4.69) is 10.6 Å². The predicted octanol–water partition coefficient (Wildman–Crippen LogP) is -0.567. The highest BCUT2D eigenvalue weighted by molar-refractivity contribution is 5.87. The molecule has 1 atom stereocenters. The van der Waals surface area contributed by atoms with Gasteiger partial charge in [0.1, 0.15) is 12.6 Å². The highest BCUT2D eigenvalue weighted by Gasteiger charge is 2.26. The van der Waals surface area contributed by atoms with Crippen LogP contribution in [0.15, 0.2) is 0 Å². The first kappa shape index (κ1) is 13.9. The third kappa shape index (κ3) is 6.23. The molecule has 6 nitrogen and oxygen atoms in total. The van der Waals surface area contributed by atoms with Gasteiger partial charge in [0, 0.05) is 13.2 Å². The minimum Gasteiger partial charge on any atom is -0.382 e. The summed E-state index contributed by atoms with van der Waals surface area (Å²) in [7, 11) is 1.56. The molecule has 0 aromatic heterocycles. The van der Waals surface area contributed by atoms with Gasteiger partial charge in [-0.05, 0) is 19.8 Å². The number of carbonyl (C=O) groups is 2. The van der Waals surface area contributed by atoms with Crippen LogP contribution in [-0.4, -0.2) is 50.8 Å². The number of hydrogen-bond donors (Lipinski definition) is 2. The third-order valence-electron chi connectivity index (χ3n) is 2.36. The van der Waals surface area contributed by atoms with Crippen LogP contribution in [0.4, 0.5) is 0 Å². The summed E-state index contributed by atoms with van der Waals surface area (Å²) < 4.78 is 9.81. The molecule has 0 aromatic carbocycles. The fourth-order valence-electron chi connectivity index (χ4n) is 1.21. The Morgan fingerprint density at radius 3 is 2.65 bits per heavy atom. The maximum Gasteiger partial charge on any atom is 0.246 e. The Bertz CT molecular complexity index is 266. The smallest absolute Gasteiger partial charge is 0.246 e. The van der Waals surface area contributed by atoms with E-state index in [0.29, 0.717) is 19.3 Å². The van der Waals surface area contributed by atoms with Gasteiger partial charge in [0.05, 0.1) is 13.2 Å². The van der Waals surface area contributed by atoms with Crippen LogP contribution in [0.2, 0.25) is 0 Å². The van der Waals surface area contributed by atoms with Crippen molar-refractivity contribution in [3.8, 4) is 0 Å². The first-order chi connectivity index (χ1) is 8.13. The lowest BCUT2D eigenvalue weighted by Gasteiger charge is -2.13. The minimum absolute atomic E-state index is 0.0512. The summed E-state index contributed by atoms with van der Waals surface area (Å²) in [6.07, 6.45) is 2.07. The molecule has 1 rings (SSSR count). The molecule has 0 bridgehead atoms. The summed E-state index contributed by atoms with van der Waals surface area (Å²) in [4.78, 5) is 22.9. The van der Waals surface area contributed by atoms with Gasteiger partial charge < -0.3 is 20.1 Å². The van der Waals surface area contributed by atoms with Gasteiger partial charge in [-0.15, -0.1) is 0 Å². The average molecular weight is 244 g/mol. The first-order valence-corrected chi connectivity index (χ1v) is 5.80. The molecule has 6 heteroatoms. The fourth-order valence-corrected chi connectivity index (χ4v) is 1.21. The van der Waals surface area contributed by atoms with Gasteiger partial charge in [-0.3, -0.25) is 9.59 Å². The molecule has 0 radical (unpaired) electrons. The molecular weight excluding hydrogens is 224 g/mol. The molecule has 1 saturated carbocycles. The van der Waals surface area contributed by atoms with Gasteiger partial charge in [0.25, 0.3) is 0 Å². The number of nitrogens with one attached hydrogen (secondary N) is 2. The van der Waals surface area contributed by atoms with E-state index < -0.39 is 6.04 Å². The number of hydrogen-bond acceptors (Lipinski definition) is 4. The molecule has 2 amide bonds. The Morgan fingerprint density at radius 2 is 2.06 bits per heavy atom.